The quantitative estimate of drug-likeness (QED) is 0.550. The molecule has 0 saturated carbocycles. The summed E-state index contributed by atoms with van der Waals surface area (Å²) in [4.78, 5) is 0. The van der Waals surface area contributed by atoms with Crippen LogP contribution in [0.3, 0.4) is 0 Å². The molecule has 0 bridgehead atoms. The van der Waals surface area contributed by atoms with Crippen molar-refractivity contribution in [1.29, 1.82) is 0 Å². The Balaban J connectivity index is 3.95. The topological polar surface area (TPSA) is 46.2 Å². The van der Waals surface area contributed by atoms with Crippen LogP contribution >= 0.6 is 0 Å². The molecule has 0 unspecified atom stereocenters. The lowest BCUT2D eigenvalue weighted by Crippen LogP contribution is -2.07. The highest BCUT2D eigenvalue weighted by atomic mass is 16.3. The zero-order valence-corrected chi connectivity index (χ0v) is 5.67. The van der Waals surface area contributed by atoms with E-state index in [1.54, 1.807) is 6.08 Å². The normalized spacial score (nSPS) is 15.1. The van der Waals surface area contributed by atoms with Crippen molar-refractivity contribution in [2.75, 3.05) is 0 Å². The predicted molar refractivity (Wildman–Crippen MR) is 38.8 cm³/mol. The first kappa shape index (κ1) is 8.24. The third kappa shape index (κ3) is 2.33. The number of rotatable bonds is 3. The summed E-state index contributed by atoms with van der Waals surface area (Å²) in [6, 6.07) is 0. The van der Waals surface area contributed by atoms with Gasteiger partial charge in [0.25, 0.3) is 0 Å². The fourth-order valence-electron chi connectivity index (χ4n) is 0.551. The van der Waals surface area contributed by atoms with E-state index in [9.17, 15) is 0 Å². The molecule has 0 aromatic heterocycles. The average molecular weight is 127 g/mol. The molecule has 0 aliphatic heterocycles. The van der Waals surface area contributed by atoms with Crippen molar-refractivity contribution >= 4 is 0 Å². The third-order valence-corrected chi connectivity index (χ3v) is 1.20. The Bertz CT molecular complexity index is 118. The molecule has 3 N–H and O–H groups in total. The highest BCUT2D eigenvalue weighted by molar-refractivity contribution is 5.18. The zero-order chi connectivity index (χ0) is 7.28. The van der Waals surface area contributed by atoms with Gasteiger partial charge in [0.1, 0.15) is 0 Å². The maximum atomic E-state index is 9.10. The van der Waals surface area contributed by atoms with Crippen molar-refractivity contribution in [3.05, 3.63) is 24.4 Å². The summed E-state index contributed by atoms with van der Waals surface area (Å²) in [5, 5.41) is 9.10. The van der Waals surface area contributed by atoms with Gasteiger partial charge in [-0.15, -0.1) is 0 Å². The van der Waals surface area contributed by atoms with E-state index in [0.717, 1.165) is 0 Å². The summed E-state index contributed by atoms with van der Waals surface area (Å²) >= 11 is 0. The molecule has 1 atom stereocenters. The Labute approximate surface area is 55.7 Å². The van der Waals surface area contributed by atoms with Gasteiger partial charge in [-0.3, -0.25) is 0 Å². The summed E-state index contributed by atoms with van der Waals surface area (Å²) in [6.45, 7) is 5.38. The third-order valence-electron chi connectivity index (χ3n) is 1.20. The van der Waals surface area contributed by atoms with Crippen molar-refractivity contribution in [3.8, 4) is 0 Å². The van der Waals surface area contributed by atoms with E-state index in [2.05, 4.69) is 6.58 Å². The van der Waals surface area contributed by atoms with Crippen molar-refractivity contribution in [2.45, 2.75) is 19.4 Å². The van der Waals surface area contributed by atoms with Crippen LogP contribution in [0.2, 0.25) is 0 Å². The SMILES string of the molecule is C=C/C(=C\N)[C@H](O)CC. The molecular weight excluding hydrogens is 114 g/mol. The first-order chi connectivity index (χ1) is 4.26. The van der Waals surface area contributed by atoms with Crippen molar-refractivity contribution < 1.29 is 5.11 Å². The second-order valence-electron chi connectivity index (χ2n) is 1.79. The highest BCUT2D eigenvalue weighted by Crippen LogP contribution is 2.04. The van der Waals surface area contributed by atoms with Gasteiger partial charge in [-0.25, -0.2) is 0 Å². The molecule has 0 radical (unpaired) electrons. The molecule has 0 aliphatic rings. The fourth-order valence-corrected chi connectivity index (χ4v) is 0.551. The number of hydrogen-bond acceptors (Lipinski definition) is 2. The van der Waals surface area contributed by atoms with Crippen LogP contribution in [0.1, 0.15) is 13.3 Å². The van der Waals surface area contributed by atoms with Crippen LogP contribution in [0.25, 0.3) is 0 Å². The van der Waals surface area contributed by atoms with Crippen LogP contribution in [-0.2, 0) is 0 Å². The van der Waals surface area contributed by atoms with Crippen LogP contribution in [-0.4, -0.2) is 11.2 Å². The minimum atomic E-state index is -0.451. The van der Waals surface area contributed by atoms with Gasteiger partial charge in [-0.2, -0.15) is 0 Å². The molecule has 0 amide bonds. The lowest BCUT2D eigenvalue weighted by Gasteiger charge is -2.06. The molecule has 0 aromatic carbocycles. The standard InChI is InChI=1S/C7H13NO/c1-3-6(5-8)7(9)4-2/h3,5,7,9H,1,4,8H2,2H3/b6-5+/t7-/m1/s1. The monoisotopic (exact) mass is 127 g/mol. The van der Waals surface area contributed by atoms with Crippen molar-refractivity contribution in [3.63, 3.8) is 0 Å². The zero-order valence-electron chi connectivity index (χ0n) is 5.67. The molecular formula is C7H13NO. The summed E-state index contributed by atoms with van der Waals surface area (Å²) in [5.41, 5.74) is 5.86. The van der Waals surface area contributed by atoms with Gasteiger partial charge in [0.05, 0.1) is 6.10 Å². The second-order valence-corrected chi connectivity index (χ2v) is 1.79. The number of aliphatic hydroxyl groups excluding tert-OH is 1. The van der Waals surface area contributed by atoms with E-state index in [1.165, 1.54) is 6.20 Å². The van der Waals surface area contributed by atoms with Crippen LogP contribution in [0.5, 0.6) is 0 Å². The van der Waals surface area contributed by atoms with Crippen molar-refractivity contribution in [1.82, 2.24) is 0 Å². The summed E-state index contributed by atoms with van der Waals surface area (Å²) in [7, 11) is 0. The molecule has 0 spiro atoms. The minimum Gasteiger partial charge on any atom is -0.404 e. The maximum absolute atomic E-state index is 9.10. The molecule has 52 valence electrons. The first-order valence-corrected chi connectivity index (χ1v) is 2.98. The molecule has 0 heterocycles. The average Bonchev–Trinajstić information content (AvgIpc) is 1.90. The predicted octanol–water partition coefficient (Wildman–Crippen LogP) is 0.786. The molecule has 0 aliphatic carbocycles. The minimum absolute atomic E-state index is 0.451. The Morgan fingerprint density at radius 1 is 1.89 bits per heavy atom. The smallest absolute Gasteiger partial charge is 0.0801 e. The molecule has 0 fully saturated rings. The van der Waals surface area contributed by atoms with Crippen molar-refractivity contribution in [2.24, 2.45) is 5.73 Å². The van der Waals surface area contributed by atoms with Gasteiger partial charge in [0, 0.05) is 0 Å². The van der Waals surface area contributed by atoms with E-state index < -0.39 is 6.10 Å². The Morgan fingerprint density at radius 3 is 2.56 bits per heavy atom. The van der Waals surface area contributed by atoms with Crippen LogP contribution < -0.4 is 5.73 Å². The Morgan fingerprint density at radius 2 is 2.44 bits per heavy atom. The molecule has 9 heavy (non-hydrogen) atoms. The number of aliphatic hydroxyl groups is 1. The van der Waals surface area contributed by atoms with Gasteiger partial charge in [-0.05, 0) is 18.2 Å². The van der Waals surface area contributed by atoms with Gasteiger partial charge in [0.2, 0.25) is 0 Å². The molecule has 2 nitrogen and oxygen atoms in total. The maximum Gasteiger partial charge on any atom is 0.0801 e. The lowest BCUT2D eigenvalue weighted by atomic mass is 10.1. The molecule has 0 saturated heterocycles. The molecule has 0 aromatic rings. The summed E-state index contributed by atoms with van der Waals surface area (Å²) < 4.78 is 0. The Kier molecular flexibility index (Phi) is 3.80. The van der Waals surface area contributed by atoms with E-state index in [4.69, 9.17) is 10.8 Å². The highest BCUT2D eigenvalue weighted by Gasteiger charge is 2.01. The summed E-state index contributed by atoms with van der Waals surface area (Å²) in [5.74, 6) is 0. The fraction of sp³-hybridized carbons (Fsp3) is 0.429. The van der Waals surface area contributed by atoms with Gasteiger partial charge in [0.15, 0.2) is 0 Å². The van der Waals surface area contributed by atoms with E-state index in [1.807, 2.05) is 6.92 Å². The van der Waals surface area contributed by atoms with Crippen LogP contribution in [0.4, 0.5) is 0 Å². The second kappa shape index (κ2) is 4.15. The van der Waals surface area contributed by atoms with E-state index in [-0.39, 0.29) is 0 Å². The van der Waals surface area contributed by atoms with E-state index in [0.29, 0.717) is 12.0 Å². The first-order valence-electron chi connectivity index (χ1n) is 2.98. The number of hydrogen-bond donors (Lipinski definition) is 2. The number of nitrogens with two attached hydrogens (primary N) is 1. The van der Waals surface area contributed by atoms with Crippen LogP contribution in [0, 0.1) is 0 Å². The van der Waals surface area contributed by atoms with Gasteiger partial charge >= 0.3 is 0 Å². The molecule has 2 heteroatoms. The lowest BCUT2D eigenvalue weighted by molar-refractivity contribution is 0.210. The summed E-state index contributed by atoms with van der Waals surface area (Å²) in [6.07, 6.45) is 3.16. The van der Waals surface area contributed by atoms with Gasteiger partial charge in [-0.1, -0.05) is 19.6 Å². The molecule has 0 rings (SSSR count). The van der Waals surface area contributed by atoms with E-state index >= 15 is 0 Å². The largest absolute Gasteiger partial charge is 0.404 e. The van der Waals surface area contributed by atoms with Gasteiger partial charge < -0.3 is 10.8 Å². The van der Waals surface area contributed by atoms with Crippen LogP contribution in [0.15, 0.2) is 24.4 Å². The Hall–Kier alpha value is -0.760.